The molecule has 1 N–H and O–H groups in total. The molecule has 0 amide bonds. The molecule has 2 rings (SSSR count). The average Bonchev–Trinajstić information content (AvgIpc) is 2.86. The summed E-state index contributed by atoms with van der Waals surface area (Å²) in [5.41, 5.74) is 0.784. The number of hydrogen-bond acceptors (Lipinski definition) is 5. The van der Waals surface area contributed by atoms with Crippen LogP contribution in [-0.2, 0) is 11.3 Å². The zero-order valence-electron chi connectivity index (χ0n) is 11.7. The predicted molar refractivity (Wildman–Crippen MR) is 71.8 cm³/mol. The van der Waals surface area contributed by atoms with Gasteiger partial charge in [-0.1, -0.05) is 6.92 Å². The van der Waals surface area contributed by atoms with Crippen molar-refractivity contribution in [2.75, 3.05) is 0 Å². The molecule has 0 aliphatic heterocycles. The first-order chi connectivity index (χ1) is 9.46. The molecule has 1 unspecified atom stereocenters. The van der Waals surface area contributed by atoms with Gasteiger partial charge in [-0.3, -0.25) is 9.78 Å². The van der Waals surface area contributed by atoms with Crippen LogP contribution in [0, 0.1) is 12.3 Å². The van der Waals surface area contributed by atoms with Gasteiger partial charge in [0.05, 0.1) is 12.0 Å². The van der Waals surface area contributed by atoms with Crippen molar-refractivity contribution in [3.8, 4) is 11.4 Å². The van der Waals surface area contributed by atoms with E-state index in [9.17, 15) is 9.90 Å². The number of hydrogen-bond donors (Lipinski definition) is 1. The fourth-order valence-electron chi connectivity index (χ4n) is 1.86. The predicted octanol–water partition coefficient (Wildman–Crippen LogP) is 1.54. The number of carbonyl (C=O) groups is 1. The van der Waals surface area contributed by atoms with Crippen LogP contribution < -0.4 is 0 Å². The third kappa shape index (κ3) is 2.66. The third-order valence-electron chi connectivity index (χ3n) is 3.48. The molecule has 20 heavy (non-hydrogen) atoms. The lowest BCUT2D eigenvalue weighted by Crippen LogP contribution is -2.32. The SMILES string of the molecule is CCC(C)(Cn1nnnc1-c1ccnc(C)c1)C(=O)O. The van der Waals surface area contributed by atoms with E-state index in [2.05, 4.69) is 20.5 Å². The highest BCUT2D eigenvalue weighted by Crippen LogP contribution is 2.26. The Hall–Kier alpha value is -2.31. The van der Waals surface area contributed by atoms with Gasteiger partial charge in [-0.15, -0.1) is 5.10 Å². The first kappa shape index (κ1) is 14.1. The van der Waals surface area contributed by atoms with E-state index in [0.717, 1.165) is 11.3 Å². The van der Waals surface area contributed by atoms with Crippen molar-refractivity contribution >= 4 is 5.97 Å². The number of nitrogens with zero attached hydrogens (tertiary/aromatic N) is 5. The summed E-state index contributed by atoms with van der Waals surface area (Å²) in [7, 11) is 0. The molecule has 0 aromatic carbocycles. The normalized spacial score (nSPS) is 13.9. The van der Waals surface area contributed by atoms with E-state index < -0.39 is 11.4 Å². The Morgan fingerprint density at radius 2 is 2.25 bits per heavy atom. The van der Waals surface area contributed by atoms with Crippen molar-refractivity contribution in [2.24, 2.45) is 5.41 Å². The van der Waals surface area contributed by atoms with Crippen molar-refractivity contribution in [1.29, 1.82) is 0 Å². The van der Waals surface area contributed by atoms with Crippen LogP contribution in [0.25, 0.3) is 11.4 Å². The maximum absolute atomic E-state index is 11.4. The van der Waals surface area contributed by atoms with Crippen molar-refractivity contribution in [1.82, 2.24) is 25.2 Å². The molecule has 0 spiro atoms. The number of aryl methyl sites for hydroxylation is 1. The van der Waals surface area contributed by atoms with Gasteiger partial charge in [-0.25, -0.2) is 4.68 Å². The number of pyridine rings is 1. The van der Waals surface area contributed by atoms with Crippen LogP contribution >= 0.6 is 0 Å². The molecule has 1 atom stereocenters. The molecule has 0 fully saturated rings. The van der Waals surface area contributed by atoms with Crippen molar-refractivity contribution in [3.05, 3.63) is 24.0 Å². The van der Waals surface area contributed by atoms with Gasteiger partial charge in [-0.2, -0.15) is 0 Å². The Labute approximate surface area is 116 Å². The molecule has 7 nitrogen and oxygen atoms in total. The van der Waals surface area contributed by atoms with Crippen LogP contribution in [0.1, 0.15) is 26.0 Å². The summed E-state index contributed by atoms with van der Waals surface area (Å²) in [5.74, 6) is -0.302. The average molecular weight is 275 g/mol. The minimum absolute atomic E-state index is 0.225. The number of tetrazole rings is 1. The van der Waals surface area contributed by atoms with E-state index >= 15 is 0 Å². The lowest BCUT2D eigenvalue weighted by atomic mass is 9.88. The number of rotatable bonds is 5. The third-order valence-corrected chi connectivity index (χ3v) is 3.48. The molecule has 0 aliphatic rings. The van der Waals surface area contributed by atoms with Gasteiger partial charge in [0.1, 0.15) is 0 Å². The molecule has 2 heterocycles. The van der Waals surface area contributed by atoms with Gasteiger partial charge < -0.3 is 5.11 Å². The Morgan fingerprint density at radius 3 is 2.85 bits per heavy atom. The summed E-state index contributed by atoms with van der Waals surface area (Å²) >= 11 is 0. The Bertz CT molecular complexity index is 625. The largest absolute Gasteiger partial charge is 0.481 e. The molecule has 106 valence electrons. The first-order valence-corrected chi connectivity index (χ1v) is 6.39. The van der Waals surface area contributed by atoms with Crippen LogP contribution in [0.4, 0.5) is 0 Å². The molecule has 0 aliphatic carbocycles. The zero-order chi connectivity index (χ0) is 14.8. The second kappa shape index (κ2) is 5.36. The lowest BCUT2D eigenvalue weighted by Gasteiger charge is -2.22. The van der Waals surface area contributed by atoms with Crippen LogP contribution in [-0.4, -0.2) is 36.3 Å². The van der Waals surface area contributed by atoms with E-state index in [0.29, 0.717) is 12.2 Å². The molecule has 0 bridgehead atoms. The second-order valence-electron chi connectivity index (χ2n) is 5.07. The van der Waals surface area contributed by atoms with E-state index in [1.165, 1.54) is 4.68 Å². The molecule has 7 heteroatoms. The number of carboxylic acids is 1. The summed E-state index contributed by atoms with van der Waals surface area (Å²) in [6.45, 7) is 5.64. The Balaban J connectivity index is 2.37. The summed E-state index contributed by atoms with van der Waals surface area (Å²) < 4.78 is 1.53. The Morgan fingerprint density at radius 1 is 1.50 bits per heavy atom. The minimum Gasteiger partial charge on any atom is -0.481 e. The standard InChI is InChI=1S/C13H17N5O2/c1-4-13(3,12(19)20)8-18-11(15-16-17-18)10-5-6-14-9(2)7-10/h5-7H,4,8H2,1-3H3,(H,19,20). The molecule has 2 aromatic rings. The highest BCUT2D eigenvalue weighted by Gasteiger charge is 2.33. The highest BCUT2D eigenvalue weighted by atomic mass is 16.4. The van der Waals surface area contributed by atoms with Gasteiger partial charge >= 0.3 is 5.97 Å². The quantitative estimate of drug-likeness (QED) is 0.889. The van der Waals surface area contributed by atoms with E-state index in [1.54, 1.807) is 19.2 Å². The summed E-state index contributed by atoms with van der Waals surface area (Å²) in [4.78, 5) is 15.5. The molecular formula is C13H17N5O2. The summed E-state index contributed by atoms with van der Waals surface area (Å²) in [5, 5.41) is 20.9. The minimum atomic E-state index is -0.897. The van der Waals surface area contributed by atoms with Gasteiger partial charge in [0.15, 0.2) is 5.82 Å². The fraction of sp³-hybridized carbons (Fsp3) is 0.462. The van der Waals surface area contributed by atoms with Gasteiger partial charge in [-0.05, 0) is 42.8 Å². The molecular weight excluding hydrogens is 258 g/mol. The lowest BCUT2D eigenvalue weighted by molar-refractivity contribution is -0.149. The van der Waals surface area contributed by atoms with E-state index in [1.807, 2.05) is 19.9 Å². The summed E-state index contributed by atoms with van der Waals surface area (Å²) in [6.07, 6.45) is 2.18. The Kier molecular flexibility index (Phi) is 3.78. The van der Waals surface area contributed by atoms with E-state index in [4.69, 9.17) is 0 Å². The second-order valence-corrected chi connectivity index (χ2v) is 5.07. The van der Waals surface area contributed by atoms with Gasteiger partial charge in [0.25, 0.3) is 0 Å². The van der Waals surface area contributed by atoms with Crippen LogP contribution in [0.15, 0.2) is 18.3 Å². The number of aromatic nitrogens is 5. The molecule has 0 radical (unpaired) electrons. The maximum Gasteiger partial charge on any atom is 0.311 e. The highest BCUT2D eigenvalue weighted by molar-refractivity contribution is 5.74. The molecule has 0 saturated heterocycles. The molecule has 2 aromatic heterocycles. The van der Waals surface area contributed by atoms with Crippen LogP contribution in [0.2, 0.25) is 0 Å². The first-order valence-electron chi connectivity index (χ1n) is 6.39. The monoisotopic (exact) mass is 275 g/mol. The number of aliphatic carboxylic acids is 1. The van der Waals surface area contributed by atoms with Gasteiger partial charge in [0.2, 0.25) is 0 Å². The fourth-order valence-corrected chi connectivity index (χ4v) is 1.86. The topological polar surface area (TPSA) is 93.8 Å². The smallest absolute Gasteiger partial charge is 0.311 e. The maximum atomic E-state index is 11.4. The van der Waals surface area contributed by atoms with Crippen molar-refractivity contribution < 1.29 is 9.90 Å². The van der Waals surface area contributed by atoms with Crippen molar-refractivity contribution in [2.45, 2.75) is 33.7 Å². The van der Waals surface area contributed by atoms with E-state index in [-0.39, 0.29) is 6.54 Å². The van der Waals surface area contributed by atoms with Gasteiger partial charge in [0, 0.05) is 17.5 Å². The van der Waals surface area contributed by atoms with Crippen LogP contribution in [0.5, 0.6) is 0 Å². The van der Waals surface area contributed by atoms with Crippen molar-refractivity contribution in [3.63, 3.8) is 0 Å². The zero-order valence-corrected chi connectivity index (χ0v) is 11.7. The molecule has 0 saturated carbocycles. The number of carboxylic acid groups (broad SMARTS) is 1. The van der Waals surface area contributed by atoms with Crippen LogP contribution in [0.3, 0.4) is 0 Å². The summed E-state index contributed by atoms with van der Waals surface area (Å²) in [6, 6.07) is 3.67.